The minimum absolute atomic E-state index is 0.0517. The van der Waals surface area contributed by atoms with Crippen LogP contribution in [0.5, 0.6) is 0 Å². The van der Waals surface area contributed by atoms with Crippen LogP contribution in [-0.2, 0) is 4.79 Å². The Morgan fingerprint density at radius 1 is 1.06 bits per heavy atom. The highest BCUT2D eigenvalue weighted by atomic mass is 16.3. The highest BCUT2D eigenvalue weighted by Gasteiger charge is 2.59. The SMILES string of the molecule is CC12CC[C@@H](O)CC1CCC1C2CCC2(C)C1CC[C@@H]2CCCC(=O)Nc1ccccn1. The molecule has 5 rings (SSSR count). The number of aliphatic hydroxyl groups is 1. The van der Waals surface area contributed by atoms with Gasteiger partial charge in [-0.15, -0.1) is 0 Å². The van der Waals surface area contributed by atoms with Crippen LogP contribution in [0, 0.1) is 40.4 Å². The summed E-state index contributed by atoms with van der Waals surface area (Å²) in [5.74, 6) is 4.90. The number of anilines is 1. The summed E-state index contributed by atoms with van der Waals surface area (Å²) < 4.78 is 0. The number of amides is 1. The second kappa shape index (κ2) is 8.74. The molecule has 1 aromatic rings. The largest absolute Gasteiger partial charge is 0.393 e. The number of aliphatic hydroxyl groups excluding tert-OH is 1. The van der Waals surface area contributed by atoms with Gasteiger partial charge in [0.05, 0.1) is 6.10 Å². The number of rotatable bonds is 5. The molecule has 8 atom stereocenters. The Morgan fingerprint density at radius 2 is 1.88 bits per heavy atom. The number of carbonyl (C=O) groups excluding carboxylic acids is 1. The quantitative estimate of drug-likeness (QED) is 0.574. The van der Waals surface area contributed by atoms with Gasteiger partial charge in [-0.2, -0.15) is 0 Å². The normalized spacial score (nSPS) is 43.1. The summed E-state index contributed by atoms with van der Waals surface area (Å²) in [7, 11) is 0. The minimum atomic E-state index is -0.0517. The van der Waals surface area contributed by atoms with Gasteiger partial charge in [0.2, 0.25) is 5.91 Å². The lowest BCUT2D eigenvalue weighted by molar-refractivity contribution is -0.127. The van der Waals surface area contributed by atoms with E-state index in [2.05, 4.69) is 24.1 Å². The first-order valence-electron chi connectivity index (χ1n) is 13.3. The molecule has 4 saturated carbocycles. The van der Waals surface area contributed by atoms with Gasteiger partial charge in [-0.3, -0.25) is 4.79 Å². The van der Waals surface area contributed by atoms with Gasteiger partial charge in [-0.25, -0.2) is 4.98 Å². The van der Waals surface area contributed by atoms with Crippen LogP contribution in [0.3, 0.4) is 0 Å². The number of pyridine rings is 1. The third kappa shape index (κ3) is 3.91. The van der Waals surface area contributed by atoms with Crippen molar-refractivity contribution in [1.29, 1.82) is 0 Å². The Morgan fingerprint density at radius 3 is 2.69 bits per heavy atom. The van der Waals surface area contributed by atoms with E-state index in [1.165, 1.54) is 51.4 Å². The van der Waals surface area contributed by atoms with Crippen molar-refractivity contribution in [1.82, 2.24) is 4.98 Å². The number of aromatic nitrogens is 1. The summed E-state index contributed by atoms with van der Waals surface area (Å²) in [6.45, 7) is 5.17. The van der Waals surface area contributed by atoms with E-state index in [4.69, 9.17) is 0 Å². The maximum atomic E-state index is 12.4. The average Bonchev–Trinajstić information content (AvgIpc) is 3.11. The average molecular weight is 439 g/mol. The molecule has 0 radical (unpaired) electrons. The van der Waals surface area contributed by atoms with Crippen molar-refractivity contribution in [3.05, 3.63) is 24.4 Å². The van der Waals surface area contributed by atoms with Crippen LogP contribution in [0.4, 0.5) is 5.82 Å². The fraction of sp³-hybridized carbons (Fsp3) is 0.786. The molecular weight excluding hydrogens is 396 g/mol. The standard InChI is InChI=1S/C28H42N2O2/c1-27-16-14-24-22(11-9-20-18-21(31)13-15-28(20,24)2)23(27)12-10-19(27)6-5-8-26(32)30-25-7-3-4-17-29-25/h3-4,7,17,19-24,31H,5-6,8-16,18H2,1-2H3,(H,29,30,32)/t19-,20?,21+,22?,23?,24?,27?,28?/m0/s1. The third-order valence-corrected chi connectivity index (χ3v) is 10.7. The number of nitrogens with zero attached hydrogens (tertiary/aromatic N) is 1. The summed E-state index contributed by atoms with van der Waals surface area (Å²) in [6, 6.07) is 5.62. The second-order valence-electron chi connectivity index (χ2n) is 12.1. The first-order chi connectivity index (χ1) is 15.4. The van der Waals surface area contributed by atoms with Crippen molar-refractivity contribution in [3.63, 3.8) is 0 Å². The molecule has 4 fully saturated rings. The number of carbonyl (C=O) groups is 1. The fourth-order valence-corrected chi connectivity index (χ4v) is 8.97. The molecule has 4 nitrogen and oxygen atoms in total. The van der Waals surface area contributed by atoms with Crippen molar-refractivity contribution in [2.45, 2.75) is 97.0 Å². The van der Waals surface area contributed by atoms with Crippen molar-refractivity contribution < 1.29 is 9.90 Å². The summed E-state index contributed by atoms with van der Waals surface area (Å²) >= 11 is 0. The van der Waals surface area contributed by atoms with Gasteiger partial charge < -0.3 is 10.4 Å². The lowest BCUT2D eigenvalue weighted by Crippen LogP contribution is -2.53. The van der Waals surface area contributed by atoms with Crippen LogP contribution < -0.4 is 5.32 Å². The van der Waals surface area contributed by atoms with Crippen LogP contribution in [0.1, 0.15) is 90.9 Å². The van der Waals surface area contributed by atoms with Crippen molar-refractivity contribution >= 4 is 11.7 Å². The Kier molecular flexibility index (Phi) is 6.11. The van der Waals surface area contributed by atoms with Crippen LogP contribution >= 0.6 is 0 Å². The molecule has 0 aromatic carbocycles. The van der Waals surface area contributed by atoms with Gasteiger partial charge in [0, 0.05) is 12.6 Å². The third-order valence-electron chi connectivity index (χ3n) is 10.7. The molecule has 0 bridgehead atoms. The van der Waals surface area contributed by atoms with Crippen molar-refractivity contribution in [2.24, 2.45) is 40.4 Å². The fourth-order valence-electron chi connectivity index (χ4n) is 8.97. The summed E-state index contributed by atoms with van der Waals surface area (Å²) in [6.07, 6.45) is 16.0. The molecule has 2 N–H and O–H groups in total. The molecule has 6 unspecified atom stereocenters. The first-order valence-corrected chi connectivity index (χ1v) is 13.3. The maximum absolute atomic E-state index is 12.4. The predicted octanol–water partition coefficient (Wildman–Crippen LogP) is 6.21. The van der Waals surface area contributed by atoms with Crippen molar-refractivity contribution in [2.75, 3.05) is 5.32 Å². The van der Waals surface area contributed by atoms with Gasteiger partial charge in [0.25, 0.3) is 0 Å². The van der Waals surface area contributed by atoms with Crippen LogP contribution in [-0.4, -0.2) is 22.1 Å². The van der Waals surface area contributed by atoms with Crippen molar-refractivity contribution in [3.8, 4) is 0 Å². The lowest BCUT2D eigenvalue weighted by Gasteiger charge is -2.61. The molecule has 4 aliphatic carbocycles. The molecule has 0 aliphatic heterocycles. The Hall–Kier alpha value is -1.42. The van der Waals surface area contributed by atoms with Crippen LogP contribution in [0.2, 0.25) is 0 Å². The van der Waals surface area contributed by atoms with E-state index in [0.717, 1.165) is 48.9 Å². The van der Waals surface area contributed by atoms with E-state index < -0.39 is 0 Å². The summed E-state index contributed by atoms with van der Waals surface area (Å²) in [5.41, 5.74) is 0.932. The lowest BCUT2D eigenvalue weighted by atomic mass is 9.44. The molecule has 32 heavy (non-hydrogen) atoms. The Labute approximate surface area is 194 Å². The molecule has 176 valence electrons. The smallest absolute Gasteiger partial charge is 0.225 e. The topological polar surface area (TPSA) is 62.2 Å². The number of hydrogen-bond acceptors (Lipinski definition) is 3. The molecule has 1 amide bonds. The zero-order chi connectivity index (χ0) is 22.3. The van der Waals surface area contributed by atoms with Gasteiger partial charge in [0.15, 0.2) is 0 Å². The van der Waals surface area contributed by atoms with E-state index in [1.54, 1.807) is 6.20 Å². The Balaban J connectivity index is 1.18. The Bertz CT molecular complexity index is 813. The molecule has 1 heterocycles. The highest BCUT2D eigenvalue weighted by Crippen LogP contribution is 2.67. The second-order valence-corrected chi connectivity index (χ2v) is 12.1. The van der Waals surface area contributed by atoms with Crippen LogP contribution in [0.25, 0.3) is 0 Å². The van der Waals surface area contributed by atoms with Gasteiger partial charge in [-0.05, 0) is 123 Å². The molecule has 1 aromatic heterocycles. The van der Waals surface area contributed by atoms with E-state index in [1.807, 2.05) is 18.2 Å². The zero-order valence-electron chi connectivity index (χ0n) is 20.1. The highest BCUT2D eigenvalue weighted by molar-refractivity contribution is 5.89. The maximum Gasteiger partial charge on any atom is 0.225 e. The predicted molar refractivity (Wildman–Crippen MR) is 128 cm³/mol. The minimum Gasteiger partial charge on any atom is -0.393 e. The molecule has 0 saturated heterocycles. The molecule has 4 heteroatoms. The molecule has 0 spiro atoms. The van der Waals surface area contributed by atoms with Gasteiger partial charge in [0.1, 0.15) is 5.82 Å². The molecule has 4 aliphatic rings. The van der Waals surface area contributed by atoms with Gasteiger partial charge >= 0.3 is 0 Å². The van der Waals surface area contributed by atoms with E-state index >= 15 is 0 Å². The first kappa shape index (κ1) is 22.4. The van der Waals surface area contributed by atoms with E-state index in [0.29, 0.717) is 23.1 Å². The number of fused-ring (bicyclic) bond motifs is 5. The number of nitrogens with one attached hydrogen (secondary N) is 1. The summed E-state index contributed by atoms with van der Waals surface area (Å²) in [5, 5.41) is 13.2. The summed E-state index contributed by atoms with van der Waals surface area (Å²) in [4.78, 5) is 16.6. The molecular formula is C28H42N2O2. The number of hydrogen-bond donors (Lipinski definition) is 2. The van der Waals surface area contributed by atoms with E-state index in [9.17, 15) is 9.90 Å². The monoisotopic (exact) mass is 438 g/mol. The zero-order valence-corrected chi connectivity index (χ0v) is 20.1. The van der Waals surface area contributed by atoms with E-state index in [-0.39, 0.29) is 12.0 Å². The van der Waals surface area contributed by atoms with Crippen LogP contribution in [0.15, 0.2) is 24.4 Å². The van der Waals surface area contributed by atoms with Gasteiger partial charge in [-0.1, -0.05) is 19.9 Å².